The molecule has 0 spiro atoms. The van der Waals surface area contributed by atoms with Crippen LogP contribution in [0, 0.1) is 0 Å². The first kappa shape index (κ1) is 35.7. The molecule has 49 heavy (non-hydrogen) atoms. The van der Waals surface area contributed by atoms with Gasteiger partial charge in [0.25, 0.3) is 0 Å². The molecule has 5 rings (SSSR count). The first-order valence-corrected chi connectivity index (χ1v) is 17.0. The maximum Gasteiger partial charge on any atom is 0.338 e. The number of hydrogen-bond acceptors (Lipinski definition) is 9. The maximum absolute atomic E-state index is 12.3. The predicted molar refractivity (Wildman–Crippen MR) is 182 cm³/mol. The second kappa shape index (κ2) is 17.7. The Morgan fingerprint density at radius 2 is 1.57 bits per heavy atom. The van der Waals surface area contributed by atoms with E-state index in [1.807, 2.05) is 72.8 Å². The first-order chi connectivity index (χ1) is 23.8. The van der Waals surface area contributed by atoms with Crippen molar-refractivity contribution >= 4 is 29.5 Å². The highest BCUT2D eigenvalue weighted by atomic mass is 32.2. The lowest BCUT2D eigenvalue weighted by molar-refractivity contribution is -0.245. The molecular weight excluding hydrogens is 646 g/mol. The van der Waals surface area contributed by atoms with Gasteiger partial charge in [0.1, 0.15) is 5.03 Å². The number of ether oxygens (including phenoxy) is 2. The van der Waals surface area contributed by atoms with Crippen LogP contribution in [0.1, 0.15) is 77.1 Å². The Morgan fingerprint density at radius 3 is 2.31 bits per heavy atom. The van der Waals surface area contributed by atoms with Crippen LogP contribution in [0.3, 0.4) is 0 Å². The topological polar surface area (TPSA) is 167 Å². The number of carbonyl (C=O) groups is 3. The lowest BCUT2D eigenvalue weighted by Crippen LogP contribution is -2.31. The number of unbranched alkanes of at least 4 members (excludes halogenated alkanes) is 1. The van der Waals surface area contributed by atoms with E-state index in [2.05, 4.69) is 10.3 Å². The number of benzene rings is 3. The van der Waals surface area contributed by atoms with Crippen LogP contribution in [0.25, 0.3) is 11.1 Å². The van der Waals surface area contributed by atoms with Crippen molar-refractivity contribution in [2.75, 3.05) is 5.75 Å². The van der Waals surface area contributed by atoms with E-state index in [-0.39, 0.29) is 43.1 Å². The van der Waals surface area contributed by atoms with Gasteiger partial charge in [0.2, 0.25) is 11.8 Å². The summed E-state index contributed by atoms with van der Waals surface area (Å²) in [6.45, 7) is 0.300. The number of pyridine rings is 1. The van der Waals surface area contributed by atoms with E-state index in [0.717, 1.165) is 33.4 Å². The highest BCUT2D eigenvalue weighted by Gasteiger charge is 2.33. The number of nitrogens with one attached hydrogen (secondary N) is 2. The molecule has 0 saturated carbocycles. The van der Waals surface area contributed by atoms with E-state index in [1.54, 1.807) is 17.7 Å². The van der Waals surface area contributed by atoms with Crippen molar-refractivity contribution in [1.82, 2.24) is 15.8 Å². The molecule has 2 heterocycles. The van der Waals surface area contributed by atoms with Crippen molar-refractivity contribution in [1.29, 1.82) is 0 Å². The molecule has 3 unspecified atom stereocenters. The number of rotatable bonds is 15. The van der Waals surface area contributed by atoms with Crippen LogP contribution < -0.4 is 10.8 Å². The second-order valence-corrected chi connectivity index (χ2v) is 12.7. The number of carboxylic acid groups (broad SMARTS) is 1. The van der Waals surface area contributed by atoms with Crippen molar-refractivity contribution < 1.29 is 39.3 Å². The molecule has 0 radical (unpaired) electrons. The molecule has 12 heteroatoms. The molecule has 3 atom stereocenters. The molecule has 4 aromatic rings. The number of carbonyl (C=O) groups excluding carboxylic acids is 2. The molecule has 1 saturated heterocycles. The summed E-state index contributed by atoms with van der Waals surface area (Å²) in [6, 6.07) is 26.6. The van der Waals surface area contributed by atoms with Gasteiger partial charge in [-0.15, -0.1) is 11.8 Å². The van der Waals surface area contributed by atoms with Crippen LogP contribution in [-0.2, 0) is 32.2 Å². The highest BCUT2D eigenvalue weighted by molar-refractivity contribution is 7.99. The zero-order valence-corrected chi connectivity index (χ0v) is 27.6. The van der Waals surface area contributed by atoms with Gasteiger partial charge in [-0.05, 0) is 64.9 Å². The van der Waals surface area contributed by atoms with Gasteiger partial charge in [0.15, 0.2) is 6.29 Å². The second-order valence-electron chi connectivity index (χ2n) is 11.7. The van der Waals surface area contributed by atoms with Crippen molar-refractivity contribution in [3.05, 3.63) is 119 Å². The number of hydroxylamine groups is 1. The molecule has 0 aliphatic carbocycles. The van der Waals surface area contributed by atoms with Gasteiger partial charge < -0.3 is 25.0 Å². The lowest BCUT2D eigenvalue weighted by atomic mass is 9.99. The van der Waals surface area contributed by atoms with E-state index in [9.17, 15) is 24.6 Å². The Hall–Kier alpha value is -4.59. The summed E-state index contributed by atoms with van der Waals surface area (Å²) >= 11 is 1.34. The minimum Gasteiger partial charge on any atom is -0.478 e. The Balaban J connectivity index is 1.29. The fourth-order valence-corrected chi connectivity index (χ4v) is 6.51. The fraction of sp³-hybridized carbons (Fsp3) is 0.297. The van der Waals surface area contributed by atoms with E-state index < -0.39 is 18.2 Å². The van der Waals surface area contributed by atoms with E-state index >= 15 is 0 Å². The number of nitrogens with zero attached hydrogens (tertiary/aromatic N) is 1. The Bertz CT molecular complexity index is 1740. The van der Waals surface area contributed by atoms with Crippen molar-refractivity contribution in [3.8, 4) is 11.1 Å². The maximum atomic E-state index is 12.3. The average Bonchev–Trinajstić information content (AvgIpc) is 3.15. The molecule has 1 aliphatic heterocycles. The molecule has 256 valence electrons. The van der Waals surface area contributed by atoms with Gasteiger partial charge >= 0.3 is 5.97 Å². The standard InChI is InChI=1S/C37H39N3O8S/c41-22-24-13-15-26(16-14-24)32-20-30(23-49-35-31(36(44)45)10-5-17-38-35)47-37(48-32)29-9-4-8-28(19-29)27-7-3-6-25(18-27)21-39-33(42)11-1-2-12-34(43)40-46/h3-10,13-19,30,32,37,41,46H,1-2,11-12,20-23H2,(H,39,42)(H,40,43)(H,44,45). The summed E-state index contributed by atoms with van der Waals surface area (Å²) in [7, 11) is 0. The SMILES string of the molecule is O=C(CCCCC(=O)NCc1cccc(-c2cccc(C3OC(CSc4ncccc4C(=O)O)CC(c4ccc(CO)cc4)O3)c2)c1)NO. The largest absolute Gasteiger partial charge is 0.478 e. The molecule has 2 amide bonds. The number of thioether (sulfide) groups is 1. The molecule has 1 aliphatic rings. The summed E-state index contributed by atoms with van der Waals surface area (Å²) in [5.74, 6) is -1.15. The minimum atomic E-state index is -1.03. The van der Waals surface area contributed by atoms with Gasteiger partial charge in [-0.25, -0.2) is 15.3 Å². The number of aliphatic hydroxyl groups is 1. The summed E-state index contributed by atoms with van der Waals surface area (Å²) in [5, 5.41) is 31.1. The molecule has 5 N–H and O–H groups in total. The number of aromatic nitrogens is 1. The summed E-state index contributed by atoms with van der Waals surface area (Å²) in [6.07, 6.45) is 2.34. The lowest BCUT2D eigenvalue weighted by Gasteiger charge is -2.36. The van der Waals surface area contributed by atoms with Crippen LogP contribution in [0.2, 0.25) is 0 Å². The number of aromatic carboxylic acids is 1. The zero-order chi connectivity index (χ0) is 34.6. The van der Waals surface area contributed by atoms with Crippen molar-refractivity contribution in [2.45, 2.75) is 68.8 Å². The molecular formula is C37H39N3O8S. The quantitative estimate of drug-likeness (QED) is 0.0436. The number of carboxylic acids is 1. The van der Waals surface area contributed by atoms with Crippen LogP contribution in [0.5, 0.6) is 0 Å². The Morgan fingerprint density at radius 1 is 0.837 bits per heavy atom. The zero-order valence-electron chi connectivity index (χ0n) is 26.8. The number of amides is 2. The molecule has 1 fully saturated rings. The number of hydrogen-bond donors (Lipinski definition) is 5. The smallest absolute Gasteiger partial charge is 0.338 e. The summed E-state index contributed by atoms with van der Waals surface area (Å²) < 4.78 is 13.0. The molecule has 0 bridgehead atoms. The third-order valence-electron chi connectivity index (χ3n) is 8.11. The molecule has 11 nitrogen and oxygen atoms in total. The van der Waals surface area contributed by atoms with Crippen LogP contribution in [0.4, 0.5) is 0 Å². The monoisotopic (exact) mass is 685 g/mol. The third kappa shape index (κ3) is 10.2. The predicted octanol–water partition coefficient (Wildman–Crippen LogP) is 5.96. The van der Waals surface area contributed by atoms with Gasteiger partial charge in [-0.3, -0.25) is 14.8 Å². The van der Waals surface area contributed by atoms with Gasteiger partial charge in [-0.2, -0.15) is 0 Å². The van der Waals surface area contributed by atoms with E-state index in [1.165, 1.54) is 17.8 Å². The Labute approximate surface area is 288 Å². The Kier molecular flexibility index (Phi) is 12.9. The summed E-state index contributed by atoms with van der Waals surface area (Å²) in [4.78, 5) is 39.5. The number of aliphatic hydroxyl groups excluding tert-OH is 1. The van der Waals surface area contributed by atoms with E-state index in [4.69, 9.17) is 14.7 Å². The average molecular weight is 686 g/mol. The normalized spacial score (nSPS) is 17.3. The first-order valence-electron chi connectivity index (χ1n) is 16.0. The van der Waals surface area contributed by atoms with Crippen LogP contribution in [-0.4, -0.2) is 50.0 Å². The van der Waals surface area contributed by atoms with Gasteiger partial charge in [0.05, 0.1) is 24.4 Å². The molecule has 1 aromatic heterocycles. The molecule has 3 aromatic carbocycles. The van der Waals surface area contributed by atoms with Crippen molar-refractivity contribution in [2.24, 2.45) is 0 Å². The summed E-state index contributed by atoms with van der Waals surface area (Å²) in [5.41, 5.74) is 7.14. The van der Waals surface area contributed by atoms with Crippen LogP contribution >= 0.6 is 11.8 Å². The van der Waals surface area contributed by atoms with Gasteiger partial charge in [-0.1, -0.05) is 60.7 Å². The fourth-order valence-electron chi connectivity index (χ4n) is 5.50. The van der Waals surface area contributed by atoms with E-state index in [0.29, 0.717) is 36.6 Å². The van der Waals surface area contributed by atoms with Crippen LogP contribution in [0.15, 0.2) is 96.2 Å². The van der Waals surface area contributed by atoms with Gasteiger partial charge in [0, 0.05) is 43.3 Å². The van der Waals surface area contributed by atoms with Crippen molar-refractivity contribution in [3.63, 3.8) is 0 Å². The highest BCUT2D eigenvalue weighted by Crippen LogP contribution is 2.40. The minimum absolute atomic E-state index is 0.0550. The third-order valence-corrected chi connectivity index (χ3v) is 9.25.